The van der Waals surface area contributed by atoms with Crippen molar-refractivity contribution in [2.45, 2.75) is 20.0 Å². The Bertz CT molecular complexity index is 643. The second-order valence-electron chi connectivity index (χ2n) is 6.04. The molecule has 0 saturated heterocycles. The number of methoxy groups -OCH3 is 2. The van der Waals surface area contributed by atoms with Gasteiger partial charge in [-0.05, 0) is 18.6 Å². The van der Waals surface area contributed by atoms with Crippen molar-refractivity contribution in [3.8, 4) is 11.5 Å². The van der Waals surface area contributed by atoms with E-state index in [2.05, 4.69) is 36.5 Å². The van der Waals surface area contributed by atoms with Crippen molar-refractivity contribution in [3.05, 3.63) is 59.2 Å². The maximum Gasteiger partial charge on any atom is 0.127 e. The third kappa shape index (κ3) is 7.04. The molecule has 0 heterocycles. The van der Waals surface area contributed by atoms with Gasteiger partial charge in [0.2, 0.25) is 0 Å². The Morgan fingerprint density at radius 3 is 2.15 bits per heavy atom. The summed E-state index contributed by atoms with van der Waals surface area (Å²) >= 11 is 0. The fourth-order valence-corrected chi connectivity index (χ4v) is 2.43. The van der Waals surface area contributed by atoms with E-state index in [0.717, 1.165) is 23.6 Å². The van der Waals surface area contributed by atoms with Gasteiger partial charge in [0.1, 0.15) is 24.7 Å². The number of benzene rings is 2. The molecule has 0 aliphatic rings. The van der Waals surface area contributed by atoms with Crippen molar-refractivity contribution in [3.63, 3.8) is 0 Å². The van der Waals surface area contributed by atoms with Crippen molar-refractivity contribution in [2.24, 2.45) is 0 Å². The average molecular weight is 359 g/mol. The summed E-state index contributed by atoms with van der Waals surface area (Å²) < 4.78 is 21.6. The van der Waals surface area contributed by atoms with E-state index in [9.17, 15) is 0 Å². The quantitative estimate of drug-likeness (QED) is 0.589. The third-order valence-electron chi connectivity index (χ3n) is 3.91. The van der Waals surface area contributed by atoms with E-state index in [1.807, 2.05) is 18.2 Å². The van der Waals surface area contributed by atoms with Gasteiger partial charge in [-0.2, -0.15) is 0 Å². The first-order valence-electron chi connectivity index (χ1n) is 8.85. The maximum absolute atomic E-state index is 5.87. The van der Waals surface area contributed by atoms with E-state index in [4.69, 9.17) is 18.9 Å². The summed E-state index contributed by atoms with van der Waals surface area (Å²) in [4.78, 5) is 0. The molecule has 0 fully saturated rings. The van der Waals surface area contributed by atoms with Gasteiger partial charge in [-0.15, -0.1) is 0 Å². The van der Waals surface area contributed by atoms with Crippen LogP contribution in [-0.4, -0.2) is 40.6 Å². The minimum Gasteiger partial charge on any atom is -0.491 e. The highest BCUT2D eigenvalue weighted by atomic mass is 16.5. The Kier molecular flexibility index (Phi) is 8.96. The summed E-state index contributed by atoms with van der Waals surface area (Å²) in [5.74, 6) is 1.59. The number of ether oxygens (including phenoxy) is 4. The molecule has 0 amide bonds. The van der Waals surface area contributed by atoms with E-state index in [0.29, 0.717) is 33.0 Å². The molecule has 5 heteroatoms. The lowest BCUT2D eigenvalue weighted by Crippen LogP contribution is -2.14. The SMILES string of the molecule is COCCOc1ccc(CNCc2ccc(C)cc2)c(OCCOC)c1. The van der Waals surface area contributed by atoms with E-state index in [1.165, 1.54) is 11.1 Å². The Balaban J connectivity index is 1.95. The number of nitrogens with one attached hydrogen (secondary N) is 1. The molecule has 0 aliphatic carbocycles. The predicted octanol–water partition coefficient (Wildman–Crippen LogP) is 3.34. The van der Waals surface area contributed by atoms with Crippen molar-refractivity contribution in [2.75, 3.05) is 40.6 Å². The van der Waals surface area contributed by atoms with Crippen LogP contribution in [0.3, 0.4) is 0 Å². The highest BCUT2D eigenvalue weighted by Gasteiger charge is 2.07. The maximum atomic E-state index is 5.87. The lowest BCUT2D eigenvalue weighted by atomic mass is 10.1. The topological polar surface area (TPSA) is 49.0 Å². The highest BCUT2D eigenvalue weighted by molar-refractivity contribution is 5.41. The first kappa shape index (κ1) is 20.2. The molecule has 5 nitrogen and oxygen atoms in total. The van der Waals surface area contributed by atoms with Gasteiger partial charge in [0.05, 0.1) is 13.2 Å². The van der Waals surface area contributed by atoms with Crippen molar-refractivity contribution < 1.29 is 18.9 Å². The lowest BCUT2D eigenvalue weighted by Gasteiger charge is -2.14. The molecule has 0 radical (unpaired) electrons. The summed E-state index contributed by atoms with van der Waals surface area (Å²) in [5, 5.41) is 3.47. The monoisotopic (exact) mass is 359 g/mol. The fraction of sp³-hybridized carbons (Fsp3) is 0.429. The van der Waals surface area contributed by atoms with Gasteiger partial charge in [-0.25, -0.2) is 0 Å². The second-order valence-corrected chi connectivity index (χ2v) is 6.04. The molecular weight excluding hydrogens is 330 g/mol. The van der Waals surface area contributed by atoms with Gasteiger partial charge in [-0.3, -0.25) is 0 Å². The van der Waals surface area contributed by atoms with Crippen LogP contribution in [0.1, 0.15) is 16.7 Å². The molecule has 1 N–H and O–H groups in total. The standard InChI is InChI=1S/C21H29NO4/c1-17-4-6-18(7-5-17)15-22-16-19-8-9-20(25-12-10-23-2)14-21(19)26-13-11-24-3/h4-9,14,22H,10-13,15-16H2,1-3H3. The molecule has 2 aromatic rings. The van der Waals surface area contributed by atoms with Gasteiger partial charge >= 0.3 is 0 Å². The molecule has 2 aromatic carbocycles. The zero-order chi connectivity index (χ0) is 18.6. The van der Waals surface area contributed by atoms with Crippen LogP contribution in [0.2, 0.25) is 0 Å². The van der Waals surface area contributed by atoms with Crippen molar-refractivity contribution in [1.29, 1.82) is 0 Å². The summed E-state index contributed by atoms with van der Waals surface area (Å²) in [6.07, 6.45) is 0. The molecule has 2 rings (SSSR count). The zero-order valence-corrected chi connectivity index (χ0v) is 15.9. The van der Waals surface area contributed by atoms with Crippen LogP contribution < -0.4 is 14.8 Å². The second kappa shape index (κ2) is 11.5. The predicted molar refractivity (Wildman–Crippen MR) is 103 cm³/mol. The smallest absolute Gasteiger partial charge is 0.127 e. The Morgan fingerprint density at radius 1 is 0.769 bits per heavy atom. The van der Waals surface area contributed by atoms with Gasteiger partial charge in [0, 0.05) is 38.9 Å². The van der Waals surface area contributed by atoms with E-state index >= 15 is 0 Å². The van der Waals surface area contributed by atoms with Crippen molar-refractivity contribution in [1.82, 2.24) is 5.32 Å². The molecule has 0 aromatic heterocycles. The van der Waals surface area contributed by atoms with Gasteiger partial charge in [0.25, 0.3) is 0 Å². The molecule has 0 aliphatic heterocycles. The zero-order valence-electron chi connectivity index (χ0n) is 15.9. The van der Waals surface area contributed by atoms with Gasteiger partial charge in [-0.1, -0.05) is 35.9 Å². The minimum absolute atomic E-state index is 0.503. The fourth-order valence-electron chi connectivity index (χ4n) is 2.43. The molecule has 142 valence electrons. The van der Waals surface area contributed by atoms with Gasteiger partial charge < -0.3 is 24.3 Å². The first-order valence-corrected chi connectivity index (χ1v) is 8.85. The summed E-state index contributed by atoms with van der Waals surface area (Å²) in [6, 6.07) is 14.5. The van der Waals surface area contributed by atoms with Crippen LogP contribution in [0.25, 0.3) is 0 Å². The largest absolute Gasteiger partial charge is 0.491 e. The molecule has 0 atom stereocenters. The van der Waals surface area contributed by atoms with E-state index in [1.54, 1.807) is 14.2 Å². The normalized spacial score (nSPS) is 10.7. The lowest BCUT2D eigenvalue weighted by molar-refractivity contribution is 0.142. The Labute approximate surface area is 156 Å². The number of hydrogen-bond acceptors (Lipinski definition) is 5. The molecule has 26 heavy (non-hydrogen) atoms. The van der Waals surface area contributed by atoms with E-state index in [-0.39, 0.29) is 0 Å². The Hall–Kier alpha value is -2.08. The van der Waals surface area contributed by atoms with Crippen molar-refractivity contribution >= 4 is 0 Å². The van der Waals surface area contributed by atoms with E-state index < -0.39 is 0 Å². The summed E-state index contributed by atoms with van der Waals surface area (Å²) in [6.45, 7) is 5.74. The van der Waals surface area contributed by atoms with Crippen LogP contribution in [-0.2, 0) is 22.6 Å². The first-order chi connectivity index (χ1) is 12.7. The minimum atomic E-state index is 0.503. The molecule has 0 saturated carbocycles. The summed E-state index contributed by atoms with van der Waals surface area (Å²) in [5.41, 5.74) is 3.62. The van der Waals surface area contributed by atoms with Crippen LogP contribution in [0, 0.1) is 6.92 Å². The number of hydrogen-bond donors (Lipinski definition) is 1. The van der Waals surface area contributed by atoms with Gasteiger partial charge in [0.15, 0.2) is 0 Å². The Morgan fingerprint density at radius 2 is 1.46 bits per heavy atom. The molecular formula is C21H29NO4. The average Bonchev–Trinajstić information content (AvgIpc) is 2.65. The van der Waals surface area contributed by atoms with Crippen LogP contribution in [0.15, 0.2) is 42.5 Å². The van der Waals surface area contributed by atoms with Crippen LogP contribution in [0.4, 0.5) is 0 Å². The summed E-state index contributed by atoms with van der Waals surface area (Å²) in [7, 11) is 3.32. The highest BCUT2D eigenvalue weighted by Crippen LogP contribution is 2.25. The molecule has 0 unspecified atom stereocenters. The number of aryl methyl sites for hydroxylation is 1. The molecule has 0 bridgehead atoms. The number of rotatable bonds is 12. The molecule has 0 spiro atoms. The van der Waals surface area contributed by atoms with Crippen LogP contribution >= 0.6 is 0 Å². The van der Waals surface area contributed by atoms with Crippen LogP contribution in [0.5, 0.6) is 11.5 Å². The third-order valence-corrected chi connectivity index (χ3v) is 3.91.